The molecule has 2 rings (SSSR count). The summed E-state index contributed by atoms with van der Waals surface area (Å²) in [6.45, 7) is 1.77. The van der Waals surface area contributed by atoms with Gasteiger partial charge in [0.25, 0.3) is 0 Å². The number of aromatic nitrogens is 1. The number of nitrogens with zero attached hydrogens (tertiary/aromatic N) is 1. The Morgan fingerprint density at radius 2 is 2.18 bits per heavy atom. The molecule has 92 valence electrons. The summed E-state index contributed by atoms with van der Waals surface area (Å²) in [5, 5.41) is 20.3. The third kappa shape index (κ3) is 2.68. The van der Waals surface area contributed by atoms with Gasteiger partial charge in [-0.05, 0) is 24.1 Å². The van der Waals surface area contributed by atoms with Crippen molar-refractivity contribution < 1.29 is 14.6 Å². The molecule has 2 unspecified atom stereocenters. The van der Waals surface area contributed by atoms with Gasteiger partial charge in [0.05, 0.1) is 6.10 Å². The molecule has 1 aromatic heterocycles. The van der Waals surface area contributed by atoms with Crippen molar-refractivity contribution in [2.75, 3.05) is 5.33 Å². The molecule has 2 atom stereocenters. The van der Waals surface area contributed by atoms with Crippen molar-refractivity contribution in [3.05, 3.63) is 29.7 Å². The number of fused-ring (bicyclic) bond motifs is 1. The van der Waals surface area contributed by atoms with E-state index in [4.69, 9.17) is 4.42 Å². The van der Waals surface area contributed by atoms with Crippen LogP contribution in [-0.4, -0.2) is 26.6 Å². The summed E-state index contributed by atoms with van der Waals surface area (Å²) in [6, 6.07) is 5.25. The van der Waals surface area contributed by atoms with Crippen LogP contribution in [0.5, 0.6) is 0 Å². The molecule has 0 saturated carbocycles. The lowest BCUT2D eigenvalue weighted by molar-refractivity contribution is 0.0174. The molecule has 1 heterocycles. The summed E-state index contributed by atoms with van der Waals surface area (Å²) in [5.74, 6) is 0.590. The first-order chi connectivity index (χ1) is 8.11. The van der Waals surface area contributed by atoms with E-state index in [-0.39, 0.29) is 0 Å². The molecule has 17 heavy (non-hydrogen) atoms. The van der Waals surface area contributed by atoms with Crippen LogP contribution >= 0.6 is 15.9 Å². The van der Waals surface area contributed by atoms with Crippen molar-refractivity contribution >= 4 is 27.0 Å². The highest BCUT2D eigenvalue weighted by Gasteiger charge is 2.18. The van der Waals surface area contributed by atoms with Gasteiger partial charge in [0, 0.05) is 12.3 Å². The van der Waals surface area contributed by atoms with Crippen LogP contribution < -0.4 is 0 Å². The van der Waals surface area contributed by atoms with E-state index in [0.717, 1.165) is 0 Å². The van der Waals surface area contributed by atoms with Gasteiger partial charge in [0.15, 0.2) is 11.5 Å². The fourth-order valence-electron chi connectivity index (χ4n) is 1.74. The predicted molar refractivity (Wildman–Crippen MR) is 68.1 cm³/mol. The molecular weight excluding hydrogens is 286 g/mol. The maximum absolute atomic E-state index is 9.96. The molecule has 1 aromatic carbocycles. The third-order valence-electron chi connectivity index (χ3n) is 2.63. The van der Waals surface area contributed by atoms with Gasteiger partial charge in [0.2, 0.25) is 0 Å². The maximum Gasteiger partial charge on any atom is 0.192 e. The van der Waals surface area contributed by atoms with E-state index in [1.54, 1.807) is 25.1 Å². The Bertz CT molecular complexity index is 511. The van der Waals surface area contributed by atoms with E-state index >= 15 is 0 Å². The summed E-state index contributed by atoms with van der Waals surface area (Å²) in [5.41, 5.74) is 2.04. The van der Waals surface area contributed by atoms with Crippen molar-refractivity contribution in [2.24, 2.45) is 0 Å². The molecule has 4 nitrogen and oxygen atoms in total. The van der Waals surface area contributed by atoms with Gasteiger partial charge in [-0.3, -0.25) is 0 Å². The number of hydrogen-bond acceptors (Lipinski definition) is 4. The second-order valence-corrected chi connectivity index (χ2v) is 4.74. The standard InChI is InChI=1S/C12H14BrNO3/c1-7-14-9-6-8(2-3-11(9)17-7)12(16)10(15)4-5-13/h2-3,6,10,12,15-16H,4-5H2,1H3. The Balaban J connectivity index is 2.28. The van der Waals surface area contributed by atoms with Crippen LogP contribution in [0.3, 0.4) is 0 Å². The van der Waals surface area contributed by atoms with Gasteiger partial charge >= 0.3 is 0 Å². The SMILES string of the molecule is Cc1nc2cc(C(O)C(O)CCBr)ccc2o1. The van der Waals surface area contributed by atoms with Crippen LogP contribution in [0.1, 0.15) is 24.0 Å². The lowest BCUT2D eigenvalue weighted by Gasteiger charge is -2.16. The van der Waals surface area contributed by atoms with Gasteiger partial charge < -0.3 is 14.6 Å². The summed E-state index contributed by atoms with van der Waals surface area (Å²) in [4.78, 5) is 4.19. The van der Waals surface area contributed by atoms with Crippen molar-refractivity contribution in [2.45, 2.75) is 25.6 Å². The Labute approximate surface area is 107 Å². The molecule has 0 amide bonds. The number of halogens is 1. The normalized spacial score (nSPS) is 15.1. The zero-order chi connectivity index (χ0) is 12.4. The zero-order valence-corrected chi connectivity index (χ0v) is 11.0. The summed E-state index contributed by atoms with van der Waals surface area (Å²) >= 11 is 3.24. The number of hydrogen-bond donors (Lipinski definition) is 2. The Morgan fingerprint density at radius 3 is 2.88 bits per heavy atom. The van der Waals surface area contributed by atoms with E-state index < -0.39 is 12.2 Å². The van der Waals surface area contributed by atoms with E-state index in [2.05, 4.69) is 20.9 Å². The quantitative estimate of drug-likeness (QED) is 0.850. The Kier molecular flexibility index (Phi) is 3.81. The summed E-state index contributed by atoms with van der Waals surface area (Å²) < 4.78 is 5.35. The van der Waals surface area contributed by atoms with E-state index in [0.29, 0.717) is 34.3 Å². The van der Waals surface area contributed by atoms with Crippen LogP contribution in [0.25, 0.3) is 11.1 Å². The van der Waals surface area contributed by atoms with E-state index in [9.17, 15) is 10.2 Å². The number of aryl methyl sites for hydroxylation is 1. The second-order valence-electron chi connectivity index (χ2n) is 3.95. The van der Waals surface area contributed by atoms with Crippen LogP contribution in [0.2, 0.25) is 0 Å². The number of rotatable bonds is 4. The number of alkyl halides is 1. The molecule has 0 aliphatic heterocycles. The van der Waals surface area contributed by atoms with Gasteiger partial charge in [-0.25, -0.2) is 4.98 Å². The molecule has 2 aromatic rings. The predicted octanol–water partition coefficient (Wildman–Crippen LogP) is 2.32. The average Bonchev–Trinajstić information content (AvgIpc) is 2.67. The first-order valence-corrected chi connectivity index (χ1v) is 6.53. The molecule has 0 bridgehead atoms. The van der Waals surface area contributed by atoms with Crippen molar-refractivity contribution in [3.8, 4) is 0 Å². The van der Waals surface area contributed by atoms with Crippen molar-refractivity contribution in [1.82, 2.24) is 4.98 Å². The topological polar surface area (TPSA) is 66.5 Å². The van der Waals surface area contributed by atoms with Gasteiger partial charge in [0.1, 0.15) is 11.6 Å². The molecule has 2 N–H and O–H groups in total. The van der Waals surface area contributed by atoms with Gasteiger partial charge in [-0.15, -0.1) is 0 Å². The van der Waals surface area contributed by atoms with E-state index in [1.165, 1.54) is 0 Å². The highest BCUT2D eigenvalue weighted by Crippen LogP contribution is 2.24. The fourth-order valence-corrected chi connectivity index (χ4v) is 2.20. The minimum absolute atomic E-state index is 0.497. The fraction of sp³-hybridized carbons (Fsp3) is 0.417. The molecular formula is C12H14BrNO3. The number of oxazole rings is 1. The summed E-state index contributed by atoms with van der Waals surface area (Å²) in [7, 11) is 0. The van der Waals surface area contributed by atoms with Gasteiger partial charge in [-0.2, -0.15) is 0 Å². The molecule has 0 saturated heterocycles. The largest absolute Gasteiger partial charge is 0.441 e. The van der Waals surface area contributed by atoms with Gasteiger partial charge in [-0.1, -0.05) is 22.0 Å². The molecule has 5 heteroatoms. The molecule has 0 fully saturated rings. The smallest absolute Gasteiger partial charge is 0.192 e. The van der Waals surface area contributed by atoms with Crippen molar-refractivity contribution in [1.29, 1.82) is 0 Å². The maximum atomic E-state index is 9.96. The second kappa shape index (κ2) is 5.16. The number of aliphatic hydroxyl groups excluding tert-OH is 2. The van der Waals surface area contributed by atoms with Crippen LogP contribution in [0.15, 0.2) is 22.6 Å². The zero-order valence-electron chi connectivity index (χ0n) is 9.43. The molecule has 0 radical (unpaired) electrons. The molecule has 0 aliphatic rings. The third-order valence-corrected chi connectivity index (χ3v) is 3.09. The van der Waals surface area contributed by atoms with Crippen LogP contribution in [0.4, 0.5) is 0 Å². The van der Waals surface area contributed by atoms with Crippen molar-refractivity contribution in [3.63, 3.8) is 0 Å². The molecule has 0 spiro atoms. The van der Waals surface area contributed by atoms with E-state index in [1.807, 2.05) is 0 Å². The summed E-state index contributed by atoms with van der Waals surface area (Å²) in [6.07, 6.45) is -1.18. The number of aliphatic hydroxyl groups is 2. The first-order valence-electron chi connectivity index (χ1n) is 5.41. The lowest BCUT2D eigenvalue weighted by Crippen LogP contribution is -2.18. The van der Waals surface area contributed by atoms with Crippen LogP contribution in [0, 0.1) is 6.92 Å². The minimum Gasteiger partial charge on any atom is -0.441 e. The van der Waals surface area contributed by atoms with Crippen LogP contribution in [-0.2, 0) is 0 Å². The Morgan fingerprint density at radius 1 is 1.41 bits per heavy atom. The highest BCUT2D eigenvalue weighted by atomic mass is 79.9. The lowest BCUT2D eigenvalue weighted by atomic mass is 10.0. The molecule has 0 aliphatic carbocycles. The first kappa shape index (κ1) is 12.5. The average molecular weight is 300 g/mol. The number of benzene rings is 1. The highest BCUT2D eigenvalue weighted by molar-refractivity contribution is 9.09. The monoisotopic (exact) mass is 299 g/mol. The Hall–Kier alpha value is -0.910. The minimum atomic E-state index is -0.894.